The molecule has 2 N–H and O–H groups in total. The van der Waals surface area contributed by atoms with Gasteiger partial charge in [0, 0.05) is 27.9 Å². The van der Waals surface area contributed by atoms with Crippen LogP contribution in [0.3, 0.4) is 0 Å². The fourth-order valence-corrected chi connectivity index (χ4v) is 2.33. The first kappa shape index (κ1) is 14.8. The van der Waals surface area contributed by atoms with Gasteiger partial charge in [0.25, 0.3) is 0 Å². The number of hydrogen-bond acceptors (Lipinski definition) is 2. The van der Waals surface area contributed by atoms with Crippen LogP contribution >= 0.6 is 22.6 Å². The Morgan fingerprint density at radius 2 is 1.75 bits per heavy atom. The summed E-state index contributed by atoms with van der Waals surface area (Å²) in [4.78, 5) is 11.1. The number of halogens is 1. The predicted octanol–water partition coefficient (Wildman–Crippen LogP) is 4.42. The van der Waals surface area contributed by atoms with E-state index in [1.54, 1.807) is 0 Å². The van der Waals surface area contributed by atoms with E-state index in [-0.39, 0.29) is 11.9 Å². The molecule has 2 rings (SSSR count). The van der Waals surface area contributed by atoms with Gasteiger partial charge < -0.3 is 10.6 Å². The molecule has 1 atom stereocenters. The van der Waals surface area contributed by atoms with Gasteiger partial charge in [-0.05, 0) is 65.4 Å². The minimum Gasteiger partial charge on any atom is -0.378 e. The minimum absolute atomic E-state index is 0.0622. The van der Waals surface area contributed by atoms with Crippen molar-refractivity contribution in [2.45, 2.75) is 19.9 Å². The van der Waals surface area contributed by atoms with Gasteiger partial charge in [0.1, 0.15) is 0 Å². The minimum atomic E-state index is -0.0622. The monoisotopic (exact) mass is 380 g/mol. The first-order valence-electron chi connectivity index (χ1n) is 6.44. The predicted molar refractivity (Wildman–Crippen MR) is 91.9 cm³/mol. The molecule has 2 aromatic carbocycles. The number of anilines is 2. The fourth-order valence-electron chi connectivity index (χ4n) is 1.97. The normalized spacial score (nSPS) is 11.8. The van der Waals surface area contributed by atoms with Crippen LogP contribution in [-0.4, -0.2) is 5.91 Å². The van der Waals surface area contributed by atoms with Gasteiger partial charge in [-0.3, -0.25) is 4.79 Å². The Hall–Kier alpha value is -1.56. The van der Waals surface area contributed by atoms with Crippen LogP contribution in [-0.2, 0) is 4.79 Å². The van der Waals surface area contributed by atoms with Gasteiger partial charge in [-0.1, -0.05) is 18.2 Å². The van der Waals surface area contributed by atoms with Gasteiger partial charge in [0.15, 0.2) is 0 Å². The molecule has 2 aromatic rings. The van der Waals surface area contributed by atoms with E-state index < -0.39 is 0 Å². The molecule has 1 unspecified atom stereocenters. The summed E-state index contributed by atoms with van der Waals surface area (Å²) in [5, 5.41) is 6.22. The Labute approximate surface area is 132 Å². The van der Waals surface area contributed by atoms with Crippen LogP contribution in [0.4, 0.5) is 11.4 Å². The first-order chi connectivity index (χ1) is 9.54. The lowest BCUT2D eigenvalue weighted by molar-refractivity contribution is -0.114. The molecule has 0 saturated heterocycles. The largest absolute Gasteiger partial charge is 0.378 e. The Kier molecular flexibility index (Phi) is 5.00. The summed E-state index contributed by atoms with van der Waals surface area (Å²) >= 11 is 2.30. The Morgan fingerprint density at radius 1 is 1.10 bits per heavy atom. The van der Waals surface area contributed by atoms with Gasteiger partial charge >= 0.3 is 0 Å². The van der Waals surface area contributed by atoms with Crippen LogP contribution in [0.1, 0.15) is 25.5 Å². The molecular formula is C16H17IN2O. The molecular weight excluding hydrogens is 363 g/mol. The summed E-state index contributed by atoms with van der Waals surface area (Å²) in [5.41, 5.74) is 3.02. The molecule has 0 radical (unpaired) electrons. The lowest BCUT2D eigenvalue weighted by Crippen LogP contribution is -2.08. The molecule has 104 valence electrons. The highest BCUT2D eigenvalue weighted by Crippen LogP contribution is 2.22. The van der Waals surface area contributed by atoms with Gasteiger partial charge in [-0.15, -0.1) is 0 Å². The number of carbonyl (C=O) groups excluding carboxylic acids is 1. The third kappa shape index (κ3) is 4.23. The number of rotatable bonds is 4. The molecule has 4 heteroatoms. The lowest BCUT2D eigenvalue weighted by atomic mass is 10.1. The zero-order chi connectivity index (χ0) is 14.5. The summed E-state index contributed by atoms with van der Waals surface area (Å²) in [5.74, 6) is -0.0622. The van der Waals surface area contributed by atoms with Crippen molar-refractivity contribution in [3.05, 3.63) is 57.7 Å². The molecule has 0 aliphatic rings. The quantitative estimate of drug-likeness (QED) is 0.771. The highest BCUT2D eigenvalue weighted by Gasteiger charge is 2.05. The van der Waals surface area contributed by atoms with Crippen LogP contribution in [0.2, 0.25) is 0 Å². The molecule has 0 heterocycles. The Balaban J connectivity index is 2.09. The molecule has 0 saturated carbocycles. The van der Waals surface area contributed by atoms with Crippen LogP contribution < -0.4 is 10.6 Å². The molecule has 1 amide bonds. The zero-order valence-electron chi connectivity index (χ0n) is 11.5. The van der Waals surface area contributed by atoms with E-state index in [2.05, 4.69) is 64.4 Å². The topological polar surface area (TPSA) is 41.1 Å². The smallest absolute Gasteiger partial charge is 0.221 e. The van der Waals surface area contributed by atoms with Crippen molar-refractivity contribution in [1.29, 1.82) is 0 Å². The van der Waals surface area contributed by atoms with E-state index in [1.807, 2.05) is 24.3 Å². The number of benzene rings is 2. The van der Waals surface area contributed by atoms with Crippen LogP contribution in [0, 0.1) is 3.57 Å². The maximum atomic E-state index is 11.1. The number of carbonyl (C=O) groups is 1. The van der Waals surface area contributed by atoms with Gasteiger partial charge in [-0.25, -0.2) is 0 Å². The molecule has 0 bridgehead atoms. The third-order valence-electron chi connectivity index (χ3n) is 2.94. The maximum Gasteiger partial charge on any atom is 0.221 e. The van der Waals surface area contributed by atoms with E-state index in [1.165, 1.54) is 16.1 Å². The summed E-state index contributed by atoms with van der Waals surface area (Å²) in [6.07, 6.45) is 0. The van der Waals surface area contributed by atoms with Crippen LogP contribution in [0.15, 0.2) is 48.5 Å². The lowest BCUT2D eigenvalue weighted by Gasteiger charge is -2.16. The van der Waals surface area contributed by atoms with Crippen LogP contribution in [0.25, 0.3) is 0 Å². The van der Waals surface area contributed by atoms with Gasteiger partial charge in [0.2, 0.25) is 5.91 Å². The number of nitrogens with one attached hydrogen (secondary N) is 2. The average molecular weight is 380 g/mol. The van der Waals surface area contributed by atoms with E-state index in [0.29, 0.717) is 0 Å². The molecule has 20 heavy (non-hydrogen) atoms. The van der Waals surface area contributed by atoms with E-state index in [0.717, 1.165) is 11.4 Å². The molecule has 0 fully saturated rings. The van der Waals surface area contributed by atoms with Crippen molar-refractivity contribution in [2.24, 2.45) is 0 Å². The second-order valence-electron chi connectivity index (χ2n) is 4.68. The SMILES string of the molecule is CC(=O)Nc1cccc(NC(C)c2ccc(I)cc2)c1. The maximum absolute atomic E-state index is 11.1. The van der Waals surface area contributed by atoms with Crippen molar-refractivity contribution in [1.82, 2.24) is 0 Å². The summed E-state index contributed by atoms with van der Waals surface area (Å²) < 4.78 is 1.23. The fraction of sp³-hybridized carbons (Fsp3) is 0.188. The van der Waals surface area contributed by atoms with Crippen molar-refractivity contribution in [3.8, 4) is 0 Å². The van der Waals surface area contributed by atoms with Gasteiger partial charge in [0.05, 0.1) is 0 Å². The highest BCUT2D eigenvalue weighted by atomic mass is 127. The standard InChI is InChI=1S/C16H17IN2O/c1-11(13-6-8-14(17)9-7-13)18-15-4-3-5-16(10-15)19-12(2)20/h3-11,18H,1-2H3,(H,19,20). The van der Waals surface area contributed by atoms with Crippen LogP contribution in [0.5, 0.6) is 0 Å². The van der Waals surface area contributed by atoms with Gasteiger partial charge in [-0.2, -0.15) is 0 Å². The highest BCUT2D eigenvalue weighted by molar-refractivity contribution is 14.1. The number of hydrogen-bond donors (Lipinski definition) is 2. The number of amides is 1. The third-order valence-corrected chi connectivity index (χ3v) is 3.66. The summed E-state index contributed by atoms with van der Waals surface area (Å²) in [6.45, 7) is 3.63. The Bertz CT molecular complexity index is 596. The average Bonchev–Trinajstić information content (AvgIpc) is 2.39. The van der Waals surface area contributed by atoms with E-state index in [4.69, 9.17) is 0 Å². The molecule has 0 aromatic heterocycles. The van der Waals surface area contributed by atoms with Crippen molar-refractivity contribution in [2.75, 3.05) is 10.6 Å². The second kappa shape index (κ2) is 6.74. The van der Waals surface area contributed by atoms with Crippen molar-refractivity contribution < 1.29 is 4.79 Å². The summed E-state index contributed by atoms with van der Waals surface area (Å²) in [6, 6.07) is 16.4. The van der Waals surface area contributed by atoms with Crippen molar-refractivity contribution in [3.63, 3.8) is 0 Å². The van der Waals surface area contributed by atoms with Crippen molar-refractivity contribution >= 4 is 39.9 Å². The first-order valence-corrected chi connectivity index (χ1v) is 7.52. The molecule has 0 aliphatic heterocycles. The summed E-state index contributed by atoms with van der Waals surface area (Å²) in [7, 11) is 0. The Morgan fingerprint density at radius 3 is 2.40 bits per heavy atom. The molecule has 3 nitrogen and oxygen atoms in total. The molecule has 0 aliphatic carbocycles. The van der Waals surface area contributed by atoms with E-state index >= 15 is 0 Å². The van der Waals surface area contributed by atoms with E-state index in [9.17, 15) is 4.79 Å². The molecule has 0 spiro atoms. The zero-order valence-corrected chi connectivity index (χ0v) is 13.6. The second-order valence-corrected chi connectivity index (χ2v) is 5.93.